The minimum absolute atomic E-state index is 0.164. The molecule has 0 aliphatic rings. The van der Waals surface area contributed by atoms with Crippen molar-refractivity contribution in [2.75, 3.05) is 11.8 Å². The number of rotatable bonds is 7. The Kier molecular flexibility index (Phi) is 6.65. The fraction of sp³-hybridized carbons (Fsp3) is 0.208. The number of para-hydroxylation sites is 1. The van der Waals surface area contributed by atoms with Gasteiger partial charge in [0.25, 0.3) is 15.9 Å². The van der Waals surface area contributed by atoms with Gasteiger partial charge >= 0.3 is 0 Å². The number of carbonyl (C=O) groups is 1. The quantitative estimate of drug-likeness (QED) is 0.564. The molecule has 1 atom stereocenters. The van der Waals surface area contributed by atoms with Crippen LogP contribution in [0.2, 0.25) is 0 Å². The summed E-state index contributed by atoms with van der Waals surface area (Å²) in [5, 5.41) is 2.94. The van der Waals surface area contributed by atoms with E-state index < -0.39 is 10.0 Å². The Bertz CT molecular complexity index is 1190. The van der Waals surface area contributed by atoms with Gasteiger partial charge < -0.3 is 10.1 Å². The Morgan fingerprint density at radius 3 is 2.32 bits per heavy atom. The van der Waals surface area contributed by atoms with Crippen LogP contribution in [0.4, 0.5) is 5.69 Å². The van der Waals surface area contributed by atoms with E-state index in [0.29, 0.717) is 22.6 Å². The molecule has 0 unspecified atom stereocenters. The van der Waals surface area contributed by atoms with Crippen molar-refractivity contribution in [3.8, 4) is 5.75 Å². The first-order valence-corrected chi connectivity index (χ1v) is 11.3. The predicted molar refractivity (Wildman–Crippen MR) is 122 cm³/mol. The molecule has 2 N–H and O–H groups in total. The first-order chi connectivity index (χ1) is 14.7. The number of anilines is 1. The molecule has 0 heterocycles. The maximum Gasteiger partial charge on any atom is 0.261 e. The molecule has 0 bridgehead atoms. The van der Waals surface area contributed by atoms with Crippen molar-refractivity contribution in [2.24, 2.45) is 0 Å². The predicted octanol–water partition coefficient (Wildman–Crippen LogP) is 4.60. The van der Waals surface area contributed by atoms with Crippen LogP contribution in [0.25, 0.3) is 0 Å². The number of ether oxygens (including phenoxy) is 1. The summed E-state index contributed by atoms with van der Waals surface area (Å²) in [6.07, 6.45) is 0. The van der Waals surface area contributed by atoms with Crippen molar-refractivity contribution in [3.05, 3.63) is 89.0 Å². The van der Waals surface area contributed by atoms with Crippen molar-refractivity contribution in [3.63, 3.8) is 0 Å². The second-order valence-electron chi connectivity index (χ2n) is 7.39. The van der Waals surface area contributed by atoms with Crippen molar-refractivity contribution in [2.45, 2.75) is 31.7 Å². The molecule has 0 fully saturated rings. The van der Waals surface area contributed by atoms with E-state index >= 15 is 0 Å². The van der Waals surface area contributed by atoms with Gasteiger partial charge in [0.15, 0.2) is 0 Å². The maximum atomic E-state index is 12.8. The second kappa shape index (κ2) is 9.22. The van der Waals surface area contributed by atoms with Crippen LogP contribution in [-0.2, 0) is 10.0 Å². The van der Waals surface area contributed by atoms with Crippen LogP contribution in [0.15, 0.2) is 71.6 Å². The molecule has 162 valence electrons. The number of methoxy groups -OCH3 is 1. The molecule has 0 aliphatic carbocycles. The Labute approximate surface area is 183 Å². The standard InChI is InChI=1S/C24H26N2O4S/c1-16-9-13-20(14-10-16)31(28,29)26-22-15-19(12-11-17(22)2)24(27)25-18(3)21-7-5-6-8-23(21)30-4/h5-15,18,26H,1-4H3,(H,25,27)/t18-/m1/s1. The Morgan fingerprint density at radius 2 is 1.65 bits per heavy atom. The van der Waals surface area contributed by atoms with E-state index in [1.165, 1.54) is 0 Å². The number of aryl methyl sites for hydroxylation is 2. The van der Waals surface area contributed by atoms with Crippen molar-refractivity contribution in [1.29, 1.82) is 0 Å². The van der Waals surface area contributed by atoms with E-state index in [-0.39, 0.29) is 16.8 Å². The smallest absolute Gasteiger partial charge is 0.261 e. The van der Waals surface area contributed by atoms with E-state index in [9.17, 15) is 13.2 Å². The number of hydrogen-bond donors (Lipinski definition) is 2. The van der Waals surface area contributed by atoms with Crippen molar-refractivity contribution in [1.82, 2.24) is 5.32 Å². The average molecular weight is 439 g/mol. The summed E-state index contributed by atoms with van der Waals surface area (Å²) >= 11 is 0. The van der Waals surface area contributed by atoms with Gasteiger partial charge in [-0.2, -0.15) is 0 Å². The van der Waals surface area contributed by atoms with Crippen LogP contribution in [-0.4, -0.2) is 21.4 Å². The normalized spacial score (nSPS) is 12.1. The highest BCUT2D eigenvalue weighted by Gasteiger charge is 2.18. The van der Waals surface area contributed by atoms with Gasteiger partial charge in [-0.1, -0.05) is 42.0 Å². The lowest BCUT2D eigenvalue weighted by atomic mass is 10.1. The topological polar surface area (TPSA) is 84.5 Å². The van der Waals surface area contributed by atoms with E-state index in [4.69, 9.17) is 4.74 Å². The third kappa shape index (κ3) is 5.24. The lowest BCUT2D eigenvalue weighted by Crippen LogP contribution is -2.27. The number of amides is 1. The first kappa shape index (κ1) is 22.4. The average Bonchev–Trinajstić information content (AvgIpc) is 2.75. The third-order valence-electron chi connectivity index (χ3n) is 5.03. The van der Waals surface area contributed by atoms with E-state index in [0.717, 1.165) is 11.1 Å². The van der Waals surface area contributed by atoms with Gasteiger partial charge in [-0.15, -0.1) is 0 Å². The molecule has 0 aromatic heterocycles. The zero-order valence-electron chi connectivity index (χ0n) is 18.0. The van der Waals surface area contributed by atoms with Crippen LogP contribution in [0.1, 0.15) is 40.0 Å². The lowest BCUT2D eigenvalue weighted by molar-refractivity contribution is 0.0939. The van der Waals surface area contributed by atoms with Gasteiger partial charge in [-0.25, -0.2) is 8.42 Å². The number of hydrogen-bond acceptors (Lipinski definition) is 4. The van der Waals surface area contributed by atoms with Gasteiger partial charge in [-0.05, 0) is 56.7 Å². The van der Waals surface area contributed by atoms with Gasteiger partial charge in [0.2, 0.25) is 0 Å². The Balaban J connectivity index is 1.81. The van der Waals surface area contributed by atoms with Gasteiger partial charge in [-0.3, -0.25) is 9.52 Å². The highest BCUT2D eigenvalue weighted by atomic mass is 32.2. The maximum absolute atomic E-state index is 12.8. The number of benzene rings is 3. The SMILES string of the molecule is COc1ccccc1[C@@H](C)NC(=O)c1ccc(C)c(NS(=O)(=O)c2ccc(C)cc2)c1. The molecule has 6 nitrogen and oxygen atoms in total. The zero-order chi connectivity index (χ0) is 22.6. The molecule has 0 saturated carbocycles. The van der Waals surface area contributed by atoms with E-state index in [1.54, 1.807) is 56.5 Å². The fourth-order valence-corrected chi connectivity index (χ4v) is 4.30. The molecule has 7 heteroatoms. The summed E-state index contributed by atoms with van der Waals surface area (Å²) in [6.45, 7) is 5.54. The van der Waals surface area contributed by atoms with Crippen LogP contribution in [0.3, 0.4) is 0 Å². The molecule has 3 aromatic carbocycles. The van der Waals surface area contributed by atoms with Crippen LogP contribution >= 0.6 is 0 Å². The van der Waals surface area contributed by atoms with Gasteiger partial charge in [0, 0.05) is 11.1 Å². The molecular formula is C24H26N2O4S. The highest BCUT2D eigenvalue weighted by molar-refractivity contribution is 7.92. The monoisotopic (exact) mass is 438 g/mol. The summed E-state index contributed by atoms with van der Waals surface area (Å²) in [4.78, 5) is 13.0. The minimum atomic E-state index is -3.77. The molecule has 3 aromatic rings. The number of nitrogens with one attached hydrogen (secondary N) is 2. The first-order valence-electron chi connectivity index (χ1n) is 9.85. The van der Waals surface area contributed by atoms with E-state index in [2.05, 4.69) is 10.0 Å². The largest absolute Gasteiger partial charge is 0.496 e. The van der Waals surface area contributed by atoms with Crippen molar-refractivity contribution >= 4 is 21.6 Å². The van der Waals surface area contributed by atoms with Crippen LogP contribution < -0.4 is 14.8 Å². The molecule has 31 heavy (non-hydrogen) atoms. The third-order valence-corrected chi connectivity index (χ3v) is 6.41. The zero-order valence-corrected chi connectivity index (χ0v) is 18.8. The summed E-state index contributed by atoms with van der Waals surface area (Å²) in [5.41, 5.74) is 3.25. The van der Waals surface area contributed by atoms with Gasteiger partial charge in [0.05, 0.1) is 23.7 Å². The minimum Gasteiger partial charge on any atom is -0.496 e. The summed E-state index contributed by atoms with van der Waals surface area (Å²) in [6, 6.07) is 18.7. The molecule has 0 aliphatic heterocycles. The fourth-order valence-electron chi connectivity index (χ4n) is 3.18. The van der Waals surface area contributed by atoms with Gasteiger partial charge in [0.1, 0.15) is 5.75 Å². The molecule has 0 saturated heterocycles. The Hall–Kier alpha value is -3.32. The summed E-state index contributed by atoms with van der Waals surface area (Å²) in [7, 11) is -2.19. The summed E-state index contributed by atoms with van der Waals surface area (Å²) < 4.78 is 33.5. The molecule has 3 rings (SSSR count). The molecule has 0 spiro atoms. The highest BCUT2D eigenvalue weighted by Crippen LogP contribution is 2.26. The second-order valence-corrected chi connectivity index (χ2v) is 9.07. The molecule has 1 amide bonds. The van der Waals surface area contributed by atoms with Crippen LogP contribution in [0, 0.1) is 13.8 Å². The van der Waals surface area contributed by atoms with Crippen LogP contribution in [0.5, 0.6) is 5.75 Å². The molecular weight excluding hydrogens is 412 g/mol. The van der Waals surface area contributed by atoms with E-state index in [1.807, 2.05) is 38.1 Å². The number of carbonyl (C=O) groups excluding carboxylic acids is 1. The summed E-state index contributed by atoms with van der Waals surface area (Å²) in [5.74, 6) is 0.375. The molecule has 0 radical (unpaired) electrons. The number of sulfonamides is 1. The lowest BCUT2D eigenvalue weighted by Gasteiger charge is -2.18. The van der Waals surface area contributed by atoms with Crippen molar-refractivity contribution < 1.29 is 17.9 Å². The Morgan fingerprint density at radius 1 is 0.968 bits per heavy atom.